The molecule has 2 aromatic rings. The second-order valence-corrected chi connectivity index (χ2v) is 8.17. The highest BCUT2D eigenvalue weighted by Gasteiger charge is 2.32. The van der Waals surface area contributed by atoms with Crippen LogP contribution in [-0.2, 0) is 4.79 Å². The number of rotatable bonds is 3. The third-order valence-electron chi connectivity index (χ3n) is 6.32. The average Bonchev–Trinajstić information content (AvgIpc) is 3.21. The van der Waals surface area contributed by atoms with Crippen LogP contribution in [0.15, 0.2) is 22.7 Å². The zero-order chi connectivity index (χ0) is 19.0. The van der Waals surface area contributed by atoms with E-state index in [9.17, 15) is 4.79 Å². The lowest BCUT2D eigenvalue weighted by Crippen LogP contribution is -2.44. The Morgan fingerprint density at radius 1 is 1.15 bits per heavy atom. The fraction of sp³-hybridized carbons (Fsp3) is 0.545. The zero-order valence-electron chi connectivity index (χ0n) is 16.6. The number of carbonyl (C=O) groups is 1. The third kappa shape index (κ3) is 3.60. The lowest BCUT2D eigenvalue weighted by Gasteiger charge is -2.41. The van der Waals surface area contributed by atoms with E-state index in [2.05, 4.69) is 22.7 Å². The van der Waals surface area contributed by atoms with Crippen molar-refractivity contribution in [2.45, 2.75) is 52.9 Å². The van der Waals surface area contributed by atoms with Crippen molar-refractivity contribution in [3.8, 4) is 5.82 Å². The van der Waals surface area contributed by atoms with Gasteiger partial charge in [-0.1, -0.05) is 24.4 Å². The number of likely N-dealkylation sites (tertiary alicyclic amines) is 1. The van der Waals surface area contributed by atoms with Gasteiger partial charge in [0, 0.05) is 36.6 Å². The molecule has 1 aliphatic heterocycles. The normalized spacial score (nSPS) is 23.0. The summed E-state index contributed by atoms with van der Waals surface area (Å²) in [6, 6.07) is 4.02. The minimum Gasteiger partial charge on any atom is -0.360 e. The van der Waals surface area contributed by atoms with E-state index < -0.39 is 0 Å². The van der Waals surface area contributed by atoms with Crippen LogP contribution in [-0.4, -0.2) is 33.6 Å². The first-order valence-electron chi connectivity index (χ1n) is 10.1. The van der Waals surface area contributed by atoms with E-state index in [0.29, 0.717) is 5.92 Å². The van der Waals surface area contributed by atoms with Gasteiger partial charge in [0.2, 0.25) is 5.91 Å². The topological polar surface area (TPSA) is 51.3 Å². The molecule has 3 heterocycles. The van der Waals surface area contributed by atoms with Crippen molar-refractivity contribution in [1.29, 1.82) is 0 Å². The summed E-state index contributed by atoms with van der Waals surface area (Å²) >= 11 is 0. The SMILES string of the molecule is Cc1cc(-n2c(C)cc(/C=C/C(=O)N3CC[C@@H]4CCCC[C@H]4C3)c2C)no1. The molecule has 0 aromatic carbocycles. The summed E-state index contributed by atoms with van der Waals surface area (Å²) < 4.78 is 7.27. The Hall–Kier alpha value is -2.30. The Kier molecular flexibility index (Phi) is 4.94. The van der Waals surface area contributed by atoms with Gasteiger partial charge in [0.1, 0.15) is 5.76 Å². The minimum absolute atomic E-state index is 0.140. The first kappa shape index (κ1) is 18.1. The average molecular weight is 367 g/mol. The number of hydrogen-bond donors (Lipinski definition) is 0. The molecule has 2 fully saturated rings. The Labute approximate surface area is 161 Å². The number of fused-ring (bicyclic) bond motifs is 1. The van der Waals surface area contributed by atoms with Gasteiger partial charge in [-0.15, -0.1) is 0 Å². The van der Waals surface area contributed by atoms with Crippen LogP contribution in [0.2, 0.25) is 0 Å². The van der Waals surface area contributed by atoms with E-state index in [4.69, 9.17) is 4.52 Å². The number of amides is 1. The summed E-state index contributed by atoms with van der Waals surface area (Å²) in [5.74, 6) is 3.27. The summed E-state index contributed by atoms with van der Waals surface area (Å²) in [4.78, 5) is 14.8. The van der Waals surface area contributed by atoms with Gasteiger partial charge in [0.15, 0.2) is 5.82 Å². The fourth-order valence-corrected chi connectivity index (χ4v) is 4.84. The number of aromatic nitrogens is 2. The molecule has 1 saturated carbocycles. The fourth-order valence-electron chi connectivity index (χ4n) is 4.84. The molecular formula is C22H29N3O2. The molecule has 1 aliphatic carbocycles. The van der Waals surface area contributed by atoms with Gasteiger partial charge in [-0.05, 0) is 63.2 Å². The van der Waals surface area contributed by atoms with Gasteiger partial charge in [-0.2, -0.15) is 0 Å². The third-order valence-corrected chi connectivity index (χ3v) is 6.32. The van der Waals surface area contributed by atoms with Crippen molar-refractivity contribution in [2.24, 2.45) is 11.8 Å². The van der Waals surface area contributed by atoms with E-state index in [-0.39, 0.29) is 5.91 Å². The van der Waals surface area contributed by atoms with Crippen molar-refractivity contribution in [2.75, 3.05) is 13.1 Å². The van der Waals surface area contributed by atoms with Crippen LogP contribution in [0.25, 0.3) is 11.9 Å². The van der Waals surface area contributed by atoms with Gasteiger partial charge < -0.3 is 9.42 Å². The van der Waals surface area contributed by atoms with Crippen LogP contribution in [0.3, 0.4) is 0 Å². The van der Waals surface area contributed by atoms with Crippen LogP contribution in [0.4, 0.5) is 0 Å². The van der Waals surface area contributed by atoms with Crippen LogP contribution < -0.4 is 0 Å². The number of carbonyl (C=O) groups excluding carboxylic acids is 1. The molecular weight excluding hydrogens is 338 g/mol. The maximum absolute atomic E-state index is 12.7. The Morgan fingerprint density at radius 3 is 2.67 bits per heavy atom. The molecule has 144 valence electrons. The lowest BCUT2D eigenvalue weighted by atomic mass is 9.75. The molecule has 27 heavy (non-hydrogen) atoms. The molecule has 1 amide bonds. The predicted molar refractivity (Wildman–Crippen MR) is 106 cm³/mol. The highest BCUT2D eigenvalue weighted by atomic mass is 16.5. The second-order valence-electron chi connectivity index (χ2n) is 8.17. The summed E-state index contributed by atoms with van der Waals surface area (Å²) in [6.45, 7) is 7.82. The first-order valence-corrected chi connectivity index (χ1v) is 10.1. The van der Waals surface area contributed by atoms with Gasteiger partial charge in [-0.3, -0.25) is 9.36 Å². The van der Waals surface area contributed by atoms with Gasteiger partial charge >= 0.3 is 0 Å². The predicted octanol–water partition coefficient (Wildman–Crippen LogP) is 4.44. The highest BCUT2D eigenvalue weighted by Crippen LogP contribution is 2.36. The smallest absolute Gasteiger partial charge is 0.246 e. The summed E-state index contributed by atoms with van der Waals surface area (Å²) in [6.07, 6.45) is 10.2. The summed E-state index contributed by atoms with van der Waals surface area (Å²) in [7, 11) is 0. The van der Waals surface area contributed by atoms with Crippen molar-refractivity contribution in [1.82, 2.24) is 14.6 Å². The van der Waals surface area contributed by atoms with Crippen molar-refractivity contribution < 1.29 is 9.32 Å². The molecule has 5 heteroatoms. The summed E-state index contributed by atoms with van der Waals surface area (Å²) in [5, 5.41) is 4.12. The zero-order valence-corrected chi connectivity index (χ0v) is 16.6. The lowest BCUT2D eigenvalue weighted by molar-refractivity contribution is -0.128. The standard InChI is InChI=1S/C22H29N3O2/c1-15-12-19(17(3)25(15)21-13-16(2)27-23-21)8-9-22(26)24-11-10-18-6-4-5-7-20(18)14-24/h8-9,12-13,18,20H,4-7,10-11,14H2,1-3H3/b9-8+/t18-,20-/m0/s1. The number of aryl methyl sites for hydroxylation is 2. The molecule has 2 aromatic heterocycles. The van der Waals surface area contributed by atoms with Gasteiger partial charge in [0.25, 0.3) is 0 Å². The second kappa shape index (κ2) is 7.37. The van der Waals surface area contributed by atoms with E-state index in [1.165, 1.54) is 32.1 Å². The van der Waals surface area contributed by atoms with Gasteiger partial charge in [0.05, 0.1) is 0 Å². The maximum atomic E-state index is 12.7. The number of hydrogen-bond acceptors (Lipinski definition) is 3. The maximum Gasteiger partial charge on any atom is 0.246 e. The Bertz CT molecular complexity index is 861. The first-order chi connectivity index (χ1) is 13.0. The molecule has 0 spiro atoms. The van der Waals surface area contributed by atoms with Crippen molar-refractivity contribution in [3.63, 3.8) is 0 Å². The quantitative estimate of drug-likeness (QED) is 0.754. The summed E-state index contributed by atoms with van der Waals surface area (Å²) in [5.41, 5.74) is 3.20. The molecule has 0 bridgehead atoms. The minimum atomic E-state index is 0.140. The molecule has 2 aliphatic rings. The van der Waals surface area contributed by atoms with E-state index in [1.807, 2.05) is 30.9 Å². The molecule has 2 atom stereocenters. The monoisotopic (exact) mass is 367 g/mol. The molecule has 0 N–H and O–H groups in total. The Morgan fingerprint density at radius 2 is 1.93 bits per heavy atom. The molecule has 0 unspecified atom stereocenters. The van der Waals surface area contributed by atoms with E-state index >= 15 is 0 Å². The van der Waals surface area contributed by atoms with Crippen LogP contribution in [0.1, 0.15) is 54.8 Å². The molecule has 4 rings (SSSR count). The van der Waals surface area contributed by atoms with E-state index in [1.54, 1.807) is 6.08 Å². The van der Waals surface area contributed by atoms with Crippen molar-refractivity contribution >= 4 is 12.0 Å². The largest absolute Gasteiger partial charge is 0.360 e. The highest BCUT2D eigenvalue weighted by molar-refractivity contribution is 5.92. The van der Waals surface area contributed by atoms with Crippen LogP contribution in [0, 0.1) is 32.6 Å². The Balaban J connectivity index is 1.47. The van der Waals surface area contributed by atoms with E-state index in [0.717, 1.165) is 47.5 Å². The molecule has 0 radical (unpaired) electrons. The number of piperidine rings is 1. The van der Waals surface area contributed by atoms with Crippen LogP contribution in [0.5, 0.6) is 0 Å². The van der Waals surface area contributed by atoms with Crippen molar-refractivity contribution in [3.05, 3.63) is 40.9 Å². The molecule has 1 saturated heterocycles. The molecule has 5 nitrogen and oxygen atoms in total. The number of nitrogens with zero attached hydrogens (tertiary/aromatic N) is 3. The van der Waals surface area contributed by atoms with Gasteiger partial charge in [-0.25, -0.2) is 0 Å². The van der Waals surface area contributed by atoms with Crippen LogP contribution >= 0.6 is 0 Å².